The van der Waals surface area contributed by atoms with E-state index in [0.29, 0.717) is 54.1 Å². The molecule has 2 saturated carbocycles. The number of hydrogen-bond acceptors (Lipinski definition) is 11. The molecule has 0 bridgehead atoms. The van der Waals surface area contributed by atoms with Gasteiger partial charge in [0.1, 0.15) is 12.5 Å². The fraction of sp³-hybridized carbons (Fsp3) is 0.486. The third-order valence-corrected chi connectivity index (χ3v) is 8.62. The van der Waals surface area contributed by atoms with Gasteiger partial charge < -0.3 is 33.3 Å². The summed E-state index contributed by atoms with van der Waals surface area (Å²) in [4.78, 5) is 24.1. The molecule has 0 saturated heterocycles. The molecule has 0 amide bonds. The topological polar surface area (TPSA) is 164 Å². The normalized spacial score (nSPS) is 15.5. The van der Waals surface area contributed by atoms with Gasteiger partial charge in [0.2, 0.25) is 22.6 Å². The van der Waals surface area contributed by atoms with E-state index in [1.54, 1.807) is 36.4 Å². The van der Waals surface area contributed by atoms with Crippen LogP contribution in [0.1, 0.15) is 63.5 Å². The molecule has 2 aliphatic rings. The molecule has 272 valence electrons. The maximum absolute atomic E-state index is 12.1. The van der Waals surface area contributed by atoms with E-state index in [9.17, 15) is 23.1 Å². The molecule has 2 aromatic rings. The number of aliphatic hydroxyl groups is 1. The van der Waals surface area contributed by atoms with Crippen LogP contribution in [-0.4, -0.2) is 78.2 Å². The number of carboxylic acid groups (broad SMARTS) is 1. The average molecular weight is 748 g/mol. The number of aliphatic carboxylic acids is 1. The maximum Gasteiger partial charge on any atom is 1.00 e. The number of ether oxygens (including phenoxy) is 4. The van der Waals surface area contributed by atoms with E-state index >= 15 is 0 Å². The summed E-state index contributed by atoms with van der Waals surface area (Å²) in [5, 5.41) is 17.1. The van der Waals surface area contributed by atoms with Crippen molar-refractivity contribution in [2.75, 3.05) is 47.6 Å². The number of methoxy groups -OCH3 is 2. The first-order valence-electron chi connectivity index (χ1n) is 15.8. The second-order valence-corrected chi connectivity index (χ2v) is 13.2. The second-order valence-electron chi connectivity index (χ2n) is 11.0. The van der Waals surface area contributed by atoms with Gasteiger partial charge in [0.05, 0.1) is 32.3 Å². The first-order valence-corrected chi connectivity index (χ1v) is 18.4. The summed E-state index contributed by atoms with van der Waals surface area (Å²) in [7, 11) is 4.15. The predicted octanol–water partition coefficient (Wildman–Crippen LogP) is 2.65. The molecule has 0 radical (unpaired) electrons. The van der Waals surface area contributed by atoms with E-state index in [-0.39, 0.29) is 47.9 Å². The van der Waals surface area contributed by atoms with Gasteiger partial charge in [-0.25, -0.2) is 18.0 Å². The van der Waals surface area contributed by atoms with E-state index in [0.717, 1.165) is 42.4 Å². The third-order valence-electron chi connectivity index (χ3n) is 7.23. The molecule has 2 unspecified atom stereocenters. The summed E-state index contributed by atoms with van der Waals surface area (Å²) in [5.41, 5.74) is 3.05. The molecule has 2 atom stereocenters. The molecule has 2 N–H and O–H groups in total. The molecule has 2 aliphatic carbocycles. The van der Waals surface area contributed by atoms with Gasteiger partial charge in [-0.15, -0.1) is 0 Å². The van der Waals surface area contributed by atoms with Crippen LogP contribution >= 0.6 is 0 Å². The fourth-order valence-electron chi connectivity index (χ4n) is 4.31. The van der Waals surface area contributed by atoms with Gasteiger partial charge in [0.15, 0.2) is 11.1 Å². The predicted molar refractivity (Wildman–Crippen MR) is 187 cm³/mol. The molecular formula is C35H48NaO12S2+. The molecule has 12 nitrogen and oxygen atoms in total. The van der Waals surface area contributed by atoms with E-state index < -0.39 is 34.1 Å². The van der Waals surface area contributed by atoms with Crippen molar-refractivity contribution in [1.29, 1.82) is 0 Å². The smallest absolute Gasteiger partial charge is 0.486 e. The Bertz CT molecular complexity index is 1450. The van der Waals surface area contributed by atoms with E-state index in [2.05, 4.69) is 4.74 Å². The van der Waals surface area contributed by atoms with Crippen LogP contribution in [0.4, 0.5) is 0 Å². The van der Waals surface area contributed by atoms with E-state index in [1.165, 1.54) is 27.6 Å². The van der Waals surface area contributed by atoms with Gasteiger partial charge in [0, 0.05) is 24.5 Å². The summed E-state index contributed by atoms with van der Waals surface area (Å²) in [6, 6.07) is 13.9. The minimum Gasteiger partial charge on any atom is -0.486 e. The zero-order valence-electron chi connectivity index (χ0n) is 29.9. The summed E-state index contributed by atoms with van der Waals surface area (Å²) < 4.78 is 52.8. The van der Waals surface area contributed by atoms with Gasteiger partial charge in [-0.1, -0.05) is 38.1 Å². The van der Waals surface area contributed by atoms with Gasteiger partial charge in [-0.05, 0) is 85.8 Å². The van der Waals surface area contributed by atoms with Crippen molar-refractivity contribution in [3.63, 3.8) is 0 Å². The quantitative estimate of drug-likeness (QED) is 0.0801. The van der Waals surface area contributed by atoms with Crippen LogP contribution in [-0.2, 0) is 54.9 Å². The van der Waals surface area contributed by atoms with Crippen molar-refractivity contribution in [2.24, 2.45) is 11.8 Å². The van der Waals surface area contributed by atoms with Crippen LogP contribution in [0.5, 0.6) is 5.75 Å². The Morgan fingerprint density at radius 3 is 1.58 bits per heavy atom. The summed E-state index contributed by atoms with van der Waals surface area (Å²) in [5.74, 6) is 0.315. The number of hydrogen-bond donors (Lipinski definition) is 2. The molecule has 2 fully saturated rings. The van der Waals surface area contributed by atoms with Gasteiger partial charge in [-0.2, -0.15) is 0 Å². The van der Waals surface area contributed by atoms with Crippen molar-refractivity contribution in [1.82, 2.24) is 0 Å². The minimum absolute atomic E-state index is 0. The maximum atomic E-state index is 12.1. The van der Waals surface area contributed by atoms with Crippen molar-refractivity contribution >= 4 is 45.2 Å². The Kier molecular flexibility index (Phi) is 22.4. The van der Waals surface area contributed by atoms with Crippen LogP contribution in [0.25, 0.3) is 11.1 Å². The number of benzene rings is 2. The Morgan fingerprint density at radius 2 is 1.22 bits per heavy atom. The largest absolute Gasteiger partial charge is 1.00 e. The monoisotopic (exact) mass is 747 g/mol. The van der Waals surface area contributed by atoms with Gasteiger partial charge in [-0.3, -0.25) is 4.18 Å². The van der Waals surface area contributed by atoms with Crippen molar-refractivity contribution in [2.45, 2.75) is 57.3 Å². The van der Waals surface area contributed by atoms with Crippen LogP contribution in [0, 0.1) is 11.8 Å². The van der Waals surface area contributed by atoms with E-state index in [4.69, 9.17) is 27.7 Å². The van der Waals surface area contributed by atoms with Crippen molar-refractivity contribution in [3.05, 3.63) is 71.2 Å². The summed E-state index contributed by atoms with van der Waals surface area (Å²) >= 11 is -2.86. The number of esters is 1. The number of rotatable bonds is 17. The Morgan fingerprint density at radius 1 is 0.780 bits per heavy atom. The number of carbonyl (C=O) groups excluding carboxylic acids is 1. The number of allylic oxidation sites excluding steroid dienone is 2. The third kappa shape index (κ3) is 16.2. The molecule has 0 aliphatic heterocycles. The zero-order chi connectivity index (χ0) is 36.3. The SMILES string of the molecule is CC/C(=C(/OCC1CC1)C(=O)O)c1ccc(S(=O)OC)cc1.CC/C(=C(/OCC1CC1)C(=O)OC)c1ccc(OS(C)=O)cc1.COCO.[Na+]. The van der Waals surface area contributed by atoms with Crippen molar-refractivity contribution < 1.29 is 85.1 Å². The zero-order valence-corrected chi connectivity index (χ0v) is 33.6. The second kappa shape index (κ2) is 24.6. The Labute approximate surface area is 322 Å². The molecule has 4 rings (SSSR count). The van der Waals surface area contributed by atoms with Gasteiger partial charge in [0.25, 0.3) is 0 Å². The van der Waals surface area contributed by atoms with E-state index in [1.807, 2.05) is 26.0 Å². The number of carboxylic acids is 1. The average Bonchev–Trinajstić information content (AvgIpc) is 4.05. The Hall–Kier alpha value is -2.56. The number of carbonyl (C=O) groups is 2. The molecule has 0 aromatic heterocycles. The molecule has 50 heavy (non-hydrogen) atoms. The first kappa shape index (κ1) is 45.5. The Balaban J connectivity index is 0.000000444. The molecule has 2 aromatic carbocycles. The van der Waals surface area contributed by atoms with Crippen LogP contribution in [0.15, 0.2) is 64.9 Å². The first-order chi connectivity index (χ1) is 23.5. The number of aliphatic hydroxyl groups excluding tert-OH is 1. The van der Waals surface area contributed by atoms with Crippen LogP contribution < -0.4 is 33.7 Å². The van der Waals surface area contributed by atoms with Crippen LogP contribution in [0.3, 0.4) is 0 Å². The minimum atomic E-state index is -1.50. The molecular weight excluding hydrogens is 699 g/mol. The van der Waals surface area contributed by atoms with Gasteiger partial charge >= 0.3 is 41.5 Å². The van der Waals surface area contributed by atoms with Crippen molar-refractivity contribution in [3.8, 4) is 5.75 Å². The molecule has 0 spiro atoms. The van der Waals surface area contributed by atoms with Crippen LogP contribution in [0.2, 0.25) is 0 Å². The summed E-state index contributed by atoms with van der Waals surface area (Å²) in [6.45, 7) is 4.67. The molecule has 0 heterocycles. The standard InChI is InChI=1S/C17H22O5S.C16H20O5S.C2H6O2.Na/c1-4-15(13-7-9-14(10-8-13)22-23(3)19)16(17(18)20-2)21-11-12-5-6-12;1-3-14(15(16(17)18)21-10-11-4-5-11)12-6-8-13(9-7-12)22(19)20-2;1-4-2-3;/h7-10,12H,4-6,11H2,1-3H3;6-9,11H,3-5,10H2,1-2H3,(H,17,18);3H,2H2,1H3;/q;;;+1/b16-15-;15-14-;;. The summed E-state index contributed by atoms with van der Waals surface area (Å²) in [6.07, 6.45) is 7.14. The molecule has 15 heteroatoms. The fourth-order valence-corrected chi connectivity index (χ4v) is 5.25.